The summed E-state index contributed by atoms with van der Waals surface area (Å²) >= 11 is 0. The number of benzene rings is 1. The first kappa shape index (κ1) is 12.9. The van der Waals surface area contributed by atoms with E-state index in [-0.39, 0.29) is 11.8 Å². The van der Waals surface area contributed by atoms with Gasteiger partial charge < -0.3 is 20.7 Å². The molecular formula is C14H17N3O3. The molecule has 3 N–H and O–H groups in total. The predicted octanol–water partition coefficient (Wildman–Crippen LogP) is 0.386. The lowest BCUT2D eigenvalue weighted by molar-refractivity contribution is -0.122. The molecular weight excluding hydrogens is 258 g/mol. The summed E-state index contributed by atoms with van der Waals surface area (Å²) < 4.78 is 5.59. The van der Waals surface area contributed by atoms with Crippen LogP contribution < -0.4 is 20.7 Å². The molecule has 0 spiro atoms. The van der Waals surface area contributed by atoms with E-state index in [0.717, 1.165) is 30.1 Å². The van der Waals surface area contributed by atoms with Crippen LogP contribution >= 0.6 is 0 Å². The van der Waals surface area contributed by atoms with E-state index in [9.17, 15) is 9.59 Å². The van der Waals surface area contributed by atoms with Gasteiger partial charge in [-0.3, -0.25) is 9.59 Å². The lowest BCUT2D eigenvalue weighted by Crippen LogP contribution is -2.37. The minimum atomic E-state index is -0.421. The highest BCUT2D eigenvalue weighted by Gasteiger charge is 2.27. The van der Waals surface area contributed by atoms with Gasteiger partial charge in [0.15, 0.2) is 0 Å². The largest absolute Gasteiger partial charge is 0.492 e. The number of anilines is 1. The summed E-state index contributed by atoms with van der Waals surface area (Å²) in [6, 6.07) is 5.17. The SMILES string of the molecule is O=C1CC[C@@H](C(=O)Nc2ccc3c(c2)CNCCO3)N1. The van der Waals surface area contributed by atoms with E-state index in [2.05, 4.69) is 16.0 Å². The Bertz CT molecular complexity index is 544. The standard InChI is InChI=1S/C14H17N3O3/c18-13-4-2-11(17-13)14(19)16-10-1-3-12-9(7-10)8-15-5-6-20-12/h1,3,7,11,15H,2,4-6,8H2,(H,16,19)(H,17,18)/t11-/m0/s1. The smallest absolute Gasteiger partial charge is 0.246 e. The average Bonchev–Trinajstić information content (AvgIpc) is 2.74. The van der Waals surface area contributed by atoms with Crippen molar-refractivity contribution in [2.75, 3.05) is 18.5 Å². The van der Waals surface area contributed by atoms with Crippen LogP contribution in [0, 0.1) is 0 Å². The van der Waals surface area contributed by atoms with Crippen LogP contribution in [0.3, 0.4) is 0 Å². The van der Waals surface area contributed by atoms with E-state index in [0.29, 0.717) is 19.4 Å². The van der Waals surface area contributed by atoms with Gasteiger partial charge in [-0.05, 0) is 24.6 Å². The molecule has 3 rings (SSSR count). The van der Waals surface area contributed by atoms with Gasteiger partial charge in [0.25, 0.3) is 0 Å². The molecule has 6 nitrogen and oxygen atoms in total. The Morgan fingerprint density at radius 2 is 2.30 bits per heavy atom. The van der Waals surface area contributed by atoms with Crippen molar-refractivity contribution in [2.24, 2.45) is 0 Å². The van der Waals surface area contributed by atoms with Crippen LogP contribution in [0.15, 0.2) is 18.2 Å². The molecule has 1 aromatic rings. The summed E-state index contributed by atoms with van der Waals surface area (Å²) in [4.78, 5) is 23.1. The maximum atomic E-state index is 12.0. The molecule has 2 aliphatic rings. The number of rotatable bonds is 2. The zero-order chi connectivity index (χ0) is 13.9. The first-order valence-corrected chi connectivity index (χ1v) is 6.79. The Balaban J connectivity index is 1.70. The molecule has 0 bridgehead atoms. The van der Waals surface area contributed by atoms with Gasteiger partial charge in [-0.15, -0.1) is 0 Å². The van der Waals surface area contributed by atoms with Crippen LogP contribution in [-0.4, -0.2) is 31.0 Å². The molecule has 0 radical (unpaired) electrons. The molecule has 0 unspecified atom stereocenters. The van der Waals surface area contributed by atoms with Crippen LogP contribution in [0.4, 0.5) is 5.69 Å². The lowest BCUT2D eigenvalue weighted by atomic mass is 10.1. The number of carbonyl (C=O) groups excluding carboxylic acids is 2. The predicted molar refractivity (Wildman–Crippen MR) is 73.4 cm³/mol. The zero-order valence-electron chi connectivity index (χ0n) is 11.1. The highest BCUT2D eigenvalue weighted by Crippen LogP contribution is 2.24. The zero-order valence-corrected chi connectivity index (χ0v) is 11.1. The number of amides is 2. The van der Waals surface area contributed by atoms with Gasteiger partial charge in [-0.2, -0.15) is 0 Å². The summed E-state index contributed by atoms with van der Waals surface area (Å²) in [5, 5.41) is 8.75. The maximum absolute atomic E-state index is 12.0. The molecule has 0 aromatic heterocycles. The third-order valence-corrected chi connectivity index (χ3v) is 3.49. The molecule has 0 aliphatic carbocycles. The second kappa shape index (κ2) is 5.50. The van der Waals surface area contributed by atoms with E-state index in [1.54, 1.807) is 0 Å². The van der Waals surface area contributed by atoms with Crippen molar-refractivity contribution in [3.05, 3.63) is 23.8 Å². The fourth-order valence-corrected chi connectivity index (χ4v) is 2.43. The van der Waals surface area contributed by atoms with Crippen molar-refractivity contribution in [2.45, 2.75) is 25.4 Å². The van der Waals surface area contributed by atoms with Crippen molar-refractivity contribution < 1.29 is 14.3 Å². The van der Waals surface area contributed by atoms with Crippen LogP contribution in [0.25, 0.3) is 0 Å². The fraction of sp³-hybridized carbons (Fsp3) is 0.429. The van der Waals surface area contributed by atoms with Gasteiger partial charge in [-0.1, -0.05) is 0 Å². The molecule has 2 heterocycles. The number of ether oxygens (including phenoxy) is 1. The first-order valence-electron chi connectivity index (χ1n) is 6.79. The van der Waals surface area contributed by atoms with Crippen molar-refractivity contribution in [1.29, 1.82) is 0 Å². The molecule has 1 atom stereocenters. The summed E-state index contributed by atoms with van der Waals surface area (Å²) in [6.07, 6.45) is 0.973. The monoisotopic (exact) mass is 275 g/mol. The molecule has 6 heteroatoms. The highest BCUT2D eigenvalue weighted by atomic mass is 16.5. The first-order chi connectivity index (χ1) is 9.72. The van der Waals surface area contributed by atoms with Crippen molar-refractivity contribution in [1.82, 2.24) is 10.6 Å². The summed E-state index contributed by atoms with van der Waals surface area (Å²) in [7, 11) is 0. The molecule has 1 fully saturated rings. The fourth-order valence-electron chi connectivity index (χ4n) is 2.43. The Morgan fingerprint density at radius 3 is 3.10 bits per heavy atom. The lowest BCUT2D eigenvalue weighted by Gasteiger charge is -2.13. The molecule has 2 amide bonds. The van der Waals surface area contributed by atoms with E-state index in [4.69, 9.17) is 4.74 Å². The van der Waals surface area contributed by atoms with Gasteiger partial charge in [0.05, 0.1) is 0 Å². The Hall–Kier alpha value is -2.08. The number of carbonyl (C=O) groups is 2. The molecule has 2 aliphatic heterocycles. The third kappa shape index (κ3) is 2.75. The number of nitrogens with one attached hydrogen (secondary N) is 3. The van der Waals surface area contributed by atoms with E-state index in [1.807, 2.05) is 18.2 Å². The van der Waals surface area contributed by atoms with Crippen molar-refractivity contribution in [3.8, 4) is 5.75 Å². The van der Waals surface area contributed by atoms with Crippen LogP contribution in [0.2, 0.25) is 0 Å². The minimum absolute atomic E-state index is 0.0651. The number of hydrogen-bond donors (Lipinski definition) is 3. The molecule has 20 heavy (non-hydrogen) atoms. The third-order valence-electron chi connectivity index (χ3n) is 3.49. The topological polar surface area (TPSA) is 79.5 Å². The van der Waals surface area contributed by atoms with Gasteiger partial charge in [0.2, 0.25) is 11.8 Å². The second-order valence-electron chi connectivity index (χ2n) is 5.00. The van der Waals surface area contributed by atoms with E-state index < -0.39 is 6.04 Å². The highest BCUT2D eigenvalue weighted by molar-refractivity contribution is 5.99. The van der Waals surface area contributed by atoms with Crippen molar-refractivity contribution >= 4 is 17.5 Å². The molecule has 1 saturated heterocycles. The number of hydrogen-bond acceptors (Lipinski definition) is 4. The second-order valence-corrected chi connectivity index (χ2v) is 5.00. The maximum Gasteiger partial charge on any atom is 0.246 e. The minimum Gasteiger partial charge on any atom is -0.492 e. The summed E-state index contributed by atoms with van der Waals surface area (Å²) in [5.74, 6) is 0.616. The van der Waals surface area contributed by atoms with Gasteiger partial charge in [-0.25, -0.2) is 0 Å². The molecule has 106 valence electrons. The van der Waals surface area contributed by atoms with E-state index in [1.165, 1.54) is 0 Å². The summed E-state index contributed by atoms with van der Waals surface area (Å²) in [5.41, 5.74) is 1.75. The quantitative estimate of drug-likeness (QED) is 0.729. The van der Waals surface area contributed by atoms with E-state index >= 15 is 0 Å². The van der Waals surface area contributed by atoms with Crippen molar-refractivity contribution in [3.63, 3.8) is 0 Å². The van der Waals surface area contributed by atoms with Crippen LogP contribution in [0.1, 0.15) is 18.4 Å². The summed E-state index contributed by atoms with van der Waals surface area (Å²) in [6.45, 7) is 2.18. The average molecular weight is 275 g/mol. The van der Waals surface area contributed by atoms with Crippen LogP contribution in [0.5, 0.6) is 5.75 Å². The Kier molecular flexibility index (Phi) is 3.56. The normalized spacial score (nSPS) is 21.4. The Morgan fingerprint density at radius 1 is 1.40 bits per heavy atom. The number of fused-ring (bicyclic) bond motifs is 1. The van der Waals surface area contributed by atoms with Gasteiger partial charge >= 0.3 is 0 Å². The molecule has 1 aromatic carbocycles. The van der Waals surface area contributed by atoms with Gasteiger partial charge in [0, 0.05) is 30.8 Å². The van der Waals surface area contributed by atoms with Gasteiger partial charge in [0.1, 0.15) is 18.4 Å². The van der Waals surface area contributed by atoms with Crippen LogP contribution in [-0.2, 0) is 16.1 Å². The molecule has 0 saturated carbocycles. The Labute approximate surface area is 116 Å².